The molecule has 6 heavy (non-hydrogen) atoms. The van der Waals surface area contributed by atoms with Crippen molar-refractivity contribution < 1.29 is 5.11 Å². The van der Waals surface area contributed by atoms with Crippen molar-refractivity contribution in [2.45, 2.75) is 6.92 Å². The van der Waals surface area contributed by atoms with Crippen LogP contribution in [0.3, 0.4) is 0 Å². The van der Waals surface area contributed by atoms with Gasteiger partial charge in [0.1, 0.15) is 0 Å². The second-order valence-corrected chi connectivity index (χ2v) is 0.752. The fraction of sp³-hybridized carbons (Fsp3) is 0.500. The fourth-order valence-electron chi connectivity index (χ4n) is 0.105. The summed E-state index contributed by atoms with van der Waals surface area (Å²) in [5.41, 5.74) is 0. The van der Waals surface area contributed by atoms with Crippen LogP contribution in [-0.4, -0.2) is 38.3 Å². The van der Waals surface area contributed by atoms with E-state index in [4.69, 9.17) is 5.11 Å². The van der Waals surface area contributed by atoms with Gasteiger partial charge in [0.2, 0.25) is 0 Å². The summed E-state index contributed by atoms with van der Waals surface area (Å²) in [5.74, 6) is 0. The summed E-state index contributed by atoms with van der Waals surface area (Å²) < 4.78 is 0. The number of hydrogen-bond acceptors (Lipinski definition) is 1. The van der Waals surface area contributed by atoms with Gasteiger partial charge in [-0.1, -0.05) is 12.2 Å². The second kappa shape index (κ2) is 9.14. The van der Waals surface area contributed by atoms with Crippen LogP contribution in [-0.2, 0) is 0 Å². The summed E-state index contributed by atoms with van der Waals surface area (Å²) in [7, 11) is 0. The molecule has 2 heteroatoms. The molecule has 0 saturated heterocycles. The quantitative estimate of drug-likeness (QED) is 0.652. The van der Waals surface area contributed by atoms with E-state index in [1.165, 1.54) is 0 Å². The molecule has 0 aromatic heterocycles. The maximum absolute atomic E-state index is 7.98. The predicted molar refractivity (Wildman–Crippen MR) is 30.4 cm³/mol. The Labute approximate surface area is 57.5 Å². The van der Waals surface area contributed by atoms with Crippen molar-refractivity contribution in [2.24, 2.45) is 0 Å². The molecule has 0 atom stereocenters. The van der Waals surface area contributed by atoms with E-state index >= 15 is 0 Å². The molecular formula is C4H10OPo. The van der Waals surface area contributed by atoms with Crippen LogP contribution >= 0.6 is 0 Å². The van der Waals surface area contributed by atoms with Gasteiger partial charge < -0.3 is 5.11 Å². The molecule has 1 N–H and O–H groups in total. The summed E-state index contributed by atoms with van der Waals surface area (Å²) in [4.78, 5) is 0. The van der Waals surface area contributed by atoms with Crippen LogP contribution in [0.4, 0.5) is 0 Å². The average molecular weight is 283 g/mol. The third kappa shape index (κ3) is 8.82. The molecule has 0 heterocycles. The van der Waals surface area contributed by atoms with Gasteiger partial charge in [0.25, 0.3) is 0 Å². The molecule has 0 amide bonds. The Morgan fingerprint density at radius 3 is 2.17 bits per heavy atom. The first-order valence-corrected chi connectivity index (χ1v) is 1.64. The number of aliphatic hydroxyl groups excluding tert-OH is 1. The van der Waals surface area contributed by atoms with E-state index in [0.29, 0.717) is 0 Å². The van der Waals surface area contributed by atoms with E-state index in [9.17, 15) is 0 Å². The molecule has 0 radical (unpaired) electrons. The summed E-state index contributed by atoms with van der Waals surface area (Å²) in [6.45, 7) is 2.03. The molecule has 0 spiro atoms. The zero-order chi connectivity index (χ0) is 4.12. The molecular weight excluding hydrogens is 273 g/mol. The molecule has 1 nitrogen and oxygen atoms in total. The minimum absolute atomic E-state index is 0. The number of rotatable bonds is 1. The van der Waals surface area contributed by atoms with Gasteiger partial charge in [-0.2, -0.15) is 0 Å². The summed E-state index contributed by atoms with van der Waals surface area (Å²) >= 11 is 0. The Morgan fingerprint density at radius 2 is 2.17 bits per heavy atom. The third-order valence-corrected chi connectivity index (χ3v) is 0.341. The summed E-state index contributed by atoms with van der Waals surface area (Å²) in [6, 6.07) is 0. The normalized spacial score (nSPS) is 8.33. The molecule has 0 aromatic rings. The third-order valence-electron chi connectivity index (χ3n) is 0.341. The van der Waals surface area contributed by atoms with Crippen molar-refractivity contribution in [1.82, 2.24) is 0 Å². The Morgan fingerprint density at radius 1 is 1.67 bits per heavy atom. The van der Waals surface area contributed by atoms with Crippen molar-refractivity contribution in [1.29, 1.82) is 0 Å². The molecule has 0 fully saturated rings. The van der Waals surface area contributed by atoms with Crippen LogP contribution in [0.5, 0.6) is 0 Å². The van der Waals surface area contributed by atoms with Gasteiger partial charge in [0, 0.05) is 0 Å². The minimum atomic E-state index is 0. The molecule has 0 bridgehead atoms. The van der Waals surface area contributed by atoms with E-state index < -0.39 is 0 Å². The molecule has 0 unspecified atom stereocenters. The van der Waals surface area contributed by atoms with Gasteiger partial charge in [0.05, 0.1) is 6.61 Å². The molecule has 38 valence electrons. The Bertz CT molecular complexity index is 34.5. The van der Waals surface area contributed by atoms with Crippen LogP contribution in [0.2, 0.25) is 0 Å². The Hall–Kier alpha value is 0.596. The number of hydrogen-bond donors (Lipinski definition) is 1. The van der Waals surface area contributed by atoms with Gasteiger partial charge in [-0.25, -0.2) is 0 Å². The number of allylic oxidation sites excluding steroid dienone is 1. The Kier molecular flexibility index (Phi) is 14.9. The standard InChI is InChI=1S/C4H8O.Po.2H/c1-2-3-4-5;;;/h2-3,5H,4H2,1H3;;;. The summed E-state index contributed by atoms with van der Waals surface area (Å²) in [5, 5.41) is 7.98. The molecule has 0 rings (SSSR count). The molecule has 0 aliphatic heterocycles. The van der Waals surface area contributed by atoms with E-state index in [1.54, 1.807) is 12.2 Å². The van der Waals surface area contributed by atoms with E-state index in [2.05, 4.69) is 0 Å². The molecule has 0 aliphatic rings. The van der Waals surface area contributed by atoms with Gasteiger partial charge >= 0.3 is 26.6 Å². The van der Waals surface area contributed by atoms with Crippen molar-refractivity contribution >= 4 is 26.6 Å². The van der Waals surface area contributed by atoms with E-state index in [1.807, 2.05) is 6.92 Å². The first-order chi connectivity index (χ1) is 2.41. The zero-order valence-electron chi connectivity index (χ0n) is 3.81. The molecule has 0 aliphatic carbocycles. The summed E-state index contributed by atoms with van der Waals surface area (Å²) in [6.07, 6.45) is 3.49. The van der Waals surface area contributed by atoms with Crippen molar-refractivity contribution in [2.75, 3.05) is 6.61 Å². The van der Waals surface area contributed by atoms with Crippen LogP contribution in [0, 0.1) is 0 Å². The van der Waals surface area contributed by atoms with Gasteiger partial charge in [-0.15, -0.1) is 0 Å². The predicted octanol–water partition coefficient (Wildman–Crippen LogP) is -0.361. The monoisotopic (exact) mass is 283 g/mol. The first kappa shape index (κ1) is 9.78. The first-order valence-electron chi connectivity index (χ1n) is 1.64. The van der Waals surface area contributed by atoms with Crippen molar-refractivity contribution in [3.8, 4) is 0 Å². The van der Waals surface area contributed by atoms with Gasteiger partial charge in [0.15, 0.2) is 0 Å². The van der Waals surface area contributed by atoms with Crippen LogP contribution in [0.25, 0.3) is 0 Å². The molecule has 0 saturated carbocycles. The fourth-order valence-corrected chi connectivity index (χ4v) is 0.105. The van der Waals surface area contributed by atoms with Crippen LogP contribution in [0.15, 0.2) is 12.2 Å². The van der Waals surface area contributed by atoms with Gasteiger partial charge in [-0.3, -0.25) is 0 Å². The SMILES string of the molecule is CC=CCO.[PoH2]. The van der Waals surface area contributed by atoms with Crippen LogP contribution in [0.1, 0.15) is 6.92 Å². The van der Waals surface area contributed by atoms with E-state index in [-0.39, 0.29) is 33.2 Å². The van der Waals surface area contributed by atoms with Gasteiger partial charge in [-0.05, 0) is 6.92 Å². The topological polar surface area (TPSA) is 20.2 Å². The average Bonchev–Trinajstić information content (AvgIpc) is 1.41. The second-order valence-electron chi connectivity index (χ2n) is 0.752. The maximum atomic E-state index is 7.98. The number of aliphatic hydroxyl groups is 1. The zero-order valence-corrected chi connectivity index (χ0v) is 7.70. The van der Waals surface area contributed by atoms with E-state index in [0.717, 1.165) is 0 Å². The van der Waals surface area contributed by atoms with Crippen LogP contribution < -0.4 is 0 Å². The Balaban J connectivity index is 0. The molecule has 0 aromatic carbocycles. The van der Waals surface area contributed by atoms with Crippen molar-refractivity contribution in [3.63, 3.8) is 0 Å². The van der Waals surface area contributed by atoms with Crippen molar-refractivity contribution in [3.05, 3.63) is 12.2 Å².